The molecule has 2 rings (SSSR count). The van der Waals surface area contributed by atoms with Crippen molar-refractivity contribution < 1.29 is 12.8 Å². The van der Waals surface area contributed by atoms with Crippen LogP contribution in [0.25, 0.3) is 0 Å². The maximum atomic E-state index is 11.9. The molecule has 2 aromatic heterocycles. The number of hydrogen-bond donors (Lipinski definition) is 2. The van der Waals surface area contributed by atoms with Crippen LogP contribution in [0.4, 0.5) is 0 Å². The highest BCUT2D eigenvalue weighted by Gasteiger charge is 2.17. The third-order valence-corrected chi connectivity index (χ3v) is 3.89. The summed E-state index contributed by atoms with van der Waals surface area (Å²) in [6, 6.07) is 6.63. The molecular formula is C12H15N3O3S. The van der Waals surface area contributed by atoms with E-state index in [9.17, 15) is 8.42 Å². The fourth-order valence-corrected chi connectivity index (χ4v) is 2.54. The largest absolute Gasteiger partial charge is 0.447 e. The number of furan rings is 1. The monoisotopic (exact) mass is 281 g/mol. The molecule has 0 radical (unpaired) electrons. The van der Waals surface area contributed by atoms with E-state index in [-0.39, 0.29) is 11.6 Å². The molecule has 0 fully saturated rings. The zero-order valence-corrected chi connectivity index (χ0v) is 11.1. The van der Waals surface area contributed by atoms with E-state index in [0.29, 0.717) is 18.7 Å². The molecule has 102 valence electrons. The summed E-state index contributed by atoms with van der Waals surface area (Å²) in [5.41, 5.74) is 6.38. The zero-order chi connectivity index (χ0) is 13.7. The summed E-state index contributed by atoms with van der Waals surface area (Å²) >= 11 is 0. The van der Waals surface area contributed by atoms with E-state index >= 15 is 0 Å². The molecule has 0 saturated carbocycles. The normalized spacial score (nSPS) is 11.6. The summed E-state index contributed by atoms with van der Waals surface area (Å²) in [5.74, 6) is 0.439. The summed E-state index contributed by atoms with van der Waals surface area (Å²) < 4.78 is 31.4. The van der Waals surface area contributed by atoms with Crippen molar-refractivity contribution in [1.82, 2.24) is 9.71 Å². The molecule has 3 N–H and O–H groups in total. The average molecular weight is 281 g/mol. The predicted molar refractivity (Wildman–Crippen MR) is 69.7 cm³/mol. The number of aromatic nitrogens is 1. The summed E-state index contributed by atoms with van der Waals surface area (Å²) in [5, 5.41) is -0.109. The van der Waals surface area contributed by atoms with Gasteiger partial charge in [0.25, 0.3) is 10.0 Å². The second kappa shape index (κ2) is 5.96. The topological polar surface area (TPSA) is 98.2 Å². The smallest absolute Gasteiger partial charge is 0.273 e. The van der Waals surface area contributed by atoms with Crippen LogP contribution in [-0.2, 0) is 23.0 Å². The van der Waals surface area contributed by atoms with E-state index in [1.165, 1.54) is 6.07 Å². The average Bonchev–Trinajstić information content (AvgIpc) is 2.89. The number of nitrogens with one attached hydrogen (secondary N) is 1. The molecule has 7 heteroatoms. The van der Waals surface area contributed by atoms with E-state index < -0.39 is 10.0 Å². The Balaban J connectivity index is 1.94. The van der Waals surface area contributed by atoms with Crippen molar-refractivity contribution in [3.05, 3.63) is 48.0 Å². The van der Waals surface area contributed by atoms with Crippen molar-refractivity contribution in [2.75, 3.05) is 6.54 Å². The highest BCUT2D eigenvalue weighted by Crippen LogP contribution is 2.13. The first kappa shape index (κ1) is 13.7. The molecule has 0 bridgehead atoms. The standard InChI is InChI=1S/C12H15N3O3S/c13-9-11-1-2-12(18-11)19(16,17)15-8-5-10-3-6-14-7-4-10/h1-4,6-7,15H,5,8-9,13H2. The van der Waals surface area contributed by atoms with E-state index in [4.69, 9.17) is 10.2 Å². The number of nitrogens with two attached hydrogens (primary N) is 1. The van der Waals surface area contributed by atoms with E-state index in [1.807, 2.05) is 12.1 Å². The fraction of sp³-hybridized carbons (Fsp3) is 0.250. The number of nitrogens with zero attached hydrogens (tertiary/aromatic N) is 1. The molecule has 0 spiro atoms. The summed E-state index contributed by atoms with van der Waals surface area (Å²) in [4.78, 5) is 3.90. The first-order valence-corrected chi connectivity index (χ1v) is 7.27. The lowest BCUT2D eigenvalue weighted by atomic mass is 10.2. The molecule has 0 amide bonds. The Bertz CT molecular complexity index is 623. The van der Waals surface area contributed by atoms with Crippen molar-refractivity contribution >= 4 is 10.0 Å². The Morgan fingerprint density at radius 3 is 2.58 bits per heavy atom. The Morgan fingerprint density at radius 2 is 1.95 bits per heavy atom. The van der Waals surface area contributed by atoms with Crippen molar-refractivity contribution in [3.8, 4) is 0 Å². The molecule has 0 aliphatic heterocycles. The number of rotatable bonds is 6. The van der Waals surface area contributed by atoms with E-state index in [2.05, 4.69) is 9.71 Å². The molecule has 2 heterocycles. The Kier molecular flexibility index (Phi) is 4.31. The molecule has 0 aromatic carbocycles. The van der Waals surface area contributed by atoms with Crippen LogP contribution in [0.5, 0.6) is 0 Å². The van der Waals surface area contributed by atoms with Gasteiger partial charge < -0.3 is 10.2 Å². The SMILES string of the molecule is NCc1ccc(S(=O)(=O)NCCc2ccncc2)o1. The van der Waals surface area contributed by atoms with Crippen LogP contribution in [0.2, 0.25) is 0 Å². The van der Waals surface area contributed by atoms with E-state index in [1.54, 1.807) is 18.5 Å². The fourth-order valence-electron chi connectivity index (χ4n) is 1.56. The van der Waals surface area contributed by atoms with Crippen LogP contribution < -0.4 is 10.5 Å². The molecule has 0 atom stereocenters. The van der Waals surface area contributed by atoms with Crippen LogP contribution in [0.15, 0.2) is 46.2 Å². The molecule has 2 aromatic rings. The Morgan fingerprint density at radius 1 is 1.21 bits per heavy atom. The van der Waals surface area contributed by atoms with Crippen LogP contribution in [-0.4, -0.2) is 19.9 Å². The predicted octanol–water partition coefficient (Wildman–Crippen LogP) is 0.654. The third kappa shape index (κ3) is 3.63. The van der Waals surface area contributed by atoms with Gasteiger partial charge in [-0.05, 0) is 36.2 Å². The van der Waals surface area contributed by atoms with Gasteiger partial charge in [0.1, 0.15) is 5.76 Å². The van der Waals surface area contributed by atoms with Crippen molar-refractivity contribution in [1.29, 1.82) is 0 Å². The number of hydrogen-bond acceptors (Lipinski definition) is 5. The second-order valence-electron chi connectivity index (χ2n) is 3.93. The quantitative estimate of drug-likeness (QED) is 0.810. The zero-order valence-electron chi connectivity index (χ0n) is 10.2. The van der Waals surface area contributed by atoms with Gasteiger partial charge in [-0.25, -0.2) is 13.1 Å². The highest BCUT2D eigenvalue weighted by atomic mass is 32.2. The van der Waals surface area contributed by atoms with Gasteiger partial charge >= 0.3 is 0 Å². The van der Waals surface area contributed by atoms with Crippen LogP contribution in [0.3, 0.4) is 0 Å². The van der Waals surface area contributed by atoms with Gasteiger partial charge in [-0.3, -0.25) is 4.98 Å². The maximum absolute atomic E-state index is 11.9. The minimum atomic E-state index is -3.61. The molecule has 0 aliphatic rings. The molecule has 6 nitrogen and oxygen atoms in total. The lowest BCUT2D eigenvalue weighted by Crippen LogP contribution is -2.25. The van der Waals surface area contributed by atoms with E-state index in [0.717, 1.165) is 5.56 Å². The van der Waals surface area contributed by atoms with Crippen LogP contribution >= 0.6 is 0 Å². The van der Waals surface area contributed by atoms with Crippen molar-refractivity contribution in [2.45, 2.75) is 18.1 Å². The van der Waals surface area contributed by atoms with Crippen molar-refractivity contribution in [2.24, 2.45) is 5.73 Å². The molecule has 0 unspecified atom stereocenters. The lowest BCUT2D eigenvalue weighted by Gasteiger charge is -2.04. The second-order valence-corrected chi connectivity index (χ2v) is 5.63. The molecular weight excluding hydrogens is 266 g/mol. The third-order valence-electron chi connectivity index (χ3n) is 2.56. The first-order chi connectivity index (χ1) is 9.12. The summed E-state index contributed by atoms with van der Waals surface area (Å²) in [6.07, 6.45) is 3.93. The number of pyridine rings is 1. The molecule has 0 saturated heterocycles. The summed E-state index contributed by atoms with van der Waals surface area (Å²) in [6.45, 7) is 0.470. The van der Waals surface area contributed by atoms with Gasteiger partial charge in [0.05, 0.1) is 6.54 Å². The van der Waals surface area contributed by atoms with Gasteiger partial charge in [0.15, 0.2) is 0 Å². The Hall–Kier alpha value is -1.70. The summed E-state index contributed by atoms with van der Waals surface area (Å²) in [7, 11) is -3.61. The van der Waals surface area contributed by atoms with Crippen molar-refractivity contribution in [3.63, 3.8) is 0 Å². The highest BCUT2D eigenvalue weighted by molar-refractivity contribution is 7.89. The minimum absolute atomic E-state index is 0.109. The first-order valence-electron chi connectivity index (χ1n) is 5.79. The molecule has 0 aliphatic carbocycles. The van der Waals surface area contributed by atoms with Crippen LogP contribution in [0, 0.1) is 0 Å². The van der Waals surface area contributed by atoms with Gasteiger partial charge in [0, 0.05) is 18.9 Å². The lowest BCUT2D eigenvalue weighted by molar-refractivity contribution is 0.413. The van der Waals surface area contributed by atoms with Gasteiger partial charge in [-0.15, -0.1) is 0 Å². The number of sulfonamides is 1. The van der Waals surface area contributed by atoms with Gasteiger partial charge in [-0.2, -0.15) is 0 Å². The molecule has 19 heavy (non-hydrogen) atoms. The van der Waals surface area contributed by atoms with Crippen LogP contribution in [0.1, 0.15) is 11.3 Å². The minimum Gasteiger partial charge on any atom is -0.447 e. The van der Waals surface area contributed by atoms with Gasteiger partial charge in [-0.1, -0.05) is 0 Å². The Labute approximate surface area is 111 Å². The maximum Gasteiger partial charge on any atom is 0.273 e. The van der Waals surface area contributed by atoms with Gasteiger partial charge in [0.2, 0.25) is 5.09 Å².